The van der Waals surface area contributed by atoms with Crippen molar-refractivity contribution in [3.63, 3.8) is 0 Å². The van der Waals surface area contributed by atoms with E-state index in [0.29, 0.717) is 0 Å². The van der Waals surface area contributed by atoms with Crippen LogP contribution in [0.2, 0.25) is 0 Å². The fourth-order valence-corrected chi connectivity index (χ4v) is 5.14. The molecule has 0 aromatic rings. The number of unbranched alkanes of at least 4 members (excludes halogenated alkanes) is 2. The summed E-state index contributed by atoms with van der Waals surface area (Å²) in [6, 6.07) is 0. The van der Waals surface area contributed by atoms with E-state index in [0.717, 1.165) is 6.54 Å². The minimum absolute atomic E-state index is 1.04. The number of hydrogen-bond acceptors (Lipinski definition) is 3. The zero-order chi connectivity index (χ0) is 22.0. The first kappa shape index (κ1) is 26.3. The van der Waals surface area contributed by atoms with Gasteiger partial charge in [-0.05, 0) is 63.4 Å². The van der Waals surface area contributed by atoms with Crippen LogP contribution in [-0.4, -0.2) is 30.2 Å². The zero-order valence-corrected chi connectivity index (χ0v) is 21.2. The van der Waals surface area contributed by atoms with Crippen LogP contribution in [0.3, 0.4) is 0 Å². The van der Waals surface area contributed by atoms with E-state index in [4.69, 9.17) is 5.10 Å². The van der Waals surface area contributed by atoms with Crippen LogP contribution in [0.15, 0.2) is 16.4 Å². The van der Waals surface area contributed by atoms with E-state index in [-0.39, 0.29) is 0 Å². The predicted molar refractivity (Wildman–Crippen MR) is 138 cm³/mol. The third kappa shape index (κ3) is 10.9. The van der Waals surface area contributed by atoms with Gasteiger partial charge >= 0.3 is 0 Å². The molecule has 0 aromatic carbocycles. The molecule has 2 rings (SSSR count). The van der Waals surface area contributed by atoms with Crippen LogP contribution in [0.1, 0.15) is 142 Å². The molecule has 1 N–H and O–H groups in total. The van der Waals surface area contributed by atoms with Gasteiger partial charge < -0.3 is 10.3 Å². The standard InChI is InChI=1S/C28H53N3/c1-3-5-24-31(25-6-4-2)28-22-18-14-9-7-8-12-16-20-26(28)27-21-17-13-10-11-15-19-23-29-30-27/h29H,3-25H2,1-2H3. The van der Waals surface area contributed by atoms with E-state index in [9.17, 15) is 0 Å². The Bertz CT molecular complexity index is 500. The molecule has 0 amide bonds. The van der Waals surface area contributed by atoms with Crippen molar-refractivity contribution in [3.05, 3.63) is 11.3 Å². The van der Waals surface area contributed by atoms with Crippen molar-refractivity contribution >= 4 is 5.71 Å². The van der Waals surface area contributed by atoms with Crippen molar-refractivity contribution in [2.24, 2.45) is 5.10 Å². The maximum Gasteiger partial charge on any atom is 0.0652 e. The summed E-state index contributed by atoms with van der Waals surface area (Å²) in [7, 11) is 0. The number of hydrazone groups is 1. The summed E-state index contributed by atoms with van der Waals surface area (Å²) in [5.74, 6) is 0. The third-order valence-corrected chi connectivity index (χ3v) is 7.15. The van der Waals surface area contributed by atoms with Crippen LogP contribution in [0, 0.1) is 0 Å². The zero-order valence-electron chi connectivity index (χ0n) is 21.2. The number of nitrogens with zero attached hydrogens (tertiary/aromatic N) is 2. The topological polar surface area (TPSA) is 27.6 Å². The van der Waals surface area contributed by atoms with Crippen LogP contribution >= 0.6 is 0 Å². The first-order chi connectivity index (χ1) is 15.4. The van der Waals surface area contributed by atoms with E-state index in [1.165, 1.54) is 147 Å². The Labute approximate surface area is 194 Å². The summed E-state index contributed by atoms with van der Waals surface area (Å²) in [4.78, 5) is 2.80. The second kappa shape index (κ2) is 17.6. The summed E-state index contributed by atoms with van der Waals surface area (Å²) >= 11 is 0. The first-order valence-electron chi connectivity index (χ1n) is 14.1. The van der Waals surface area contributed by atoms with Crippen LogP contribution in [0.4, 0.5) is 0 Å². The minimum atomic E-state index is 1.04. The van der Waals surface area contributed by atoms with Gasteiger partial charge in [-0.15, -0.1) is 0 Å². The Hall–Kier alpha value is -0.990. The molecule has 0 radical (unpaired) electrons. The average Bonchev–Trinajstić information content (AvgIpc) is 2.88. The van der Waals surface area contributed by atoms with Crippen LogP contribution in [0.25, 0.3) is 0 Å². The molecule has 0 saturated carbocycles. The molecule has 1 heterocycles. The second-order valence-electron chi connectivity index (χ2n) is 9.93. The van der Waals surface area contributed by atoms with E-state index in [1.807, 2.05) is 0 Å². The van der Waals surface area contributed by atoms with Gasteiger partial charge in [-0.2, -0.15) is 5.10 Å². The molecule has 3 heteroatoms. The van der Waals surface area contributed by atoms with Gasteiger partial charge in [0, 0.05) is 25.3 Å². The smallest absolute Gasteiger partial charge is 0.0652 e. The Morgan fingerprint density at radius 3 is 1.77 bits per heavy atom. The highest BCUT2D eigenvalue weighted by Gasteiger charge is 2.19. The number of hydrogen-bond donors (Lipinski definition) is 1. The van der Waals surface area contributed by atoms with Crippen LogP contribution < -0.4 is 5.43 Å². The van der Waals surface area contributed by atoms with Crippen LogP contribution in [-0.2, 0) is 0 Å². The van der Waals surface area contributed by atoms with Gasteiger partial charge in [0.1, 0.15) is 0 Å². The minimum Gasteiger partial charge on any atom is -0.375 e. The van der Waals surface area contributed by atoms with E-state index in [2.05, 4.69) is 24.2 Å². The molecule has 0 unspecified atom stereocenters. The van der Waals surface area contributed by atoms with Crippen molar-refractivity contribution in [1.29, 1.82) is 0 Å². The lowest BCUT2D eigenvalue weighted by Crippen LogP contribution is -2.29. The summed E-state index contributed by atoms with van der Waals surface area (Å²) < 4.78 is 0. The van der Waals surface area contributed by atoms with E-state index >= 15 is 0 Å². The van der Waals surface area contributed by atoms with Crippen molar-refractivity contribution in [2.45, 2.75) is 142 Å². The molecule has 0 atom stereocenters. The molecular formula is C28H53N3. The average molecular weight is 432 g/mol. The molecule has 180 valence electrons. The summed E-state index contributed by atoms with van der Waals surface area (Å²) in [5.41, 5.74) is 8.22. The maximum absolute atomic E-state index is 5.08. The molecule has 0 spiro atoms. The molecule has 3 nitrogen and oxygen atoms in total. The Morgan fingerprint density at radius 2 is 1.16 bits per heavy atom. The molecule has 1 aliphatic heterocycles. The van der Waals surface area contributed by atoms with Gasteiger partial charge in [0.15, 0.2) is 0 Å². The molecule has 0 aromatic heterocycles. The number of nitrogens with one attached hydrogen (secondary N) is 1. The van der Waals surface area contributed by atoms with Crippen LogP contribution in [0.5, 0.6) is 0 Å². The number of allylic oxidation sites excluding steroid dienone is 2. The highest BCUT2D eigenvalue weighted by atomic mass is 15.3. The lowest BCUT2D eigenvalue weighted by molar-refractivity contribution is 0.314. The molecule has 1 aliphatic carbocycles. The van der Waals surface area contributed by atoms with Gasteiger partial charge in [-0.1, -0.05) is 84.5 Å². The predicted octanol–water partition coefficient (Wildman–Crippen LogP) is 8.36. The fourth-order valence-electron chi connectivity index (χ4n) is 5.14. The summed E-state index contributed by atoms with van der Waals surface area (Å²) in [6.45, 7) is 8.18. The summed E-state index contributed by atoms with van der Waals surface area (Å²) in [5, 5.41) is 5.08. The highest BCUT2D eigenvalue weighted by molar-refractivity contribution is 6.00. The summed E-state index contributed by atoms with van der Waals surface area (Å²) in [6.07, 6.45) is 26.7. The van der Waals surface area contributed by atoms with Gasteiger partial charge in [0.05, 0.1) is 5.71 Å². The Balaban J connectivity index is 2.35. The fraction of sp³-hybridized carbons (Fsp3) is 0.893. The lowest BCUT2D eigenvalue weighted by atomic mass is 9.94. The van der Waals surface area contributed by atoms with E-state index in [1.54, 1.807) is 11.3 Å². The largest absolute Gasteiger partial charge is 0.375 e. The van der Waals surface area contributed by atoms with Crippen molar-refractivity contribution in [3.8, 4) is 0 Å². The molecule has 0 fully saturated rings. The third-order valence-electron chi connectivity index (χ3n) is 7.15. The molecule has 2 aliphatic rings. The Kier molecular flexibility index (Phi) is 14.9. The normalized spacial score (nSPS) is 20.8. The SMILES string of the molecule is CCCCN(CCCC)C1=C(C2=NNCCCCCCCC2)CCCCCCCCC1. The number of rotatable bonds is 8. The van der Waals surface area contributed by atoms with E-state index < -0.39 is 0 Å². The molecule has 31 heavy (non-hydrogen) atoms. The highest BCUT2D eigenvalue weighted by Crippen LogP contribution is 2.28. The first-order valence-corrected chi connectivity index (χ1v) is 14.1. The molecule has 0 saturated heterocycles. The van der Waals surface area contributed by atoms with Gasteiger partial charge in [0.2, 0.25) is 0 Å². The van der Waals surface area contributed by atoms with Crippen molar-refractivity contribution in [2.75, 3.05) is 19.6 Å². The molecular weight excluding hydrogens is 378 g/mol. The van der Waals surface area contributed by atoms with Crippen molar-refractivity contribution in [1.82, 2.24) is 10.3 Å². The lowest BCUT2D eigenvalue weighted by Gasteiger charge is -2.31. The Morgan fingerprint density at radius 1 is 0.645 bits per heavy atom. The van der Waals surface area contributed by atoms with Crippen molar-refractivity contribution < 1.29 is 0 Å². The second-order valence-corrected chi connectivity index (χ2v) is 9.93. The molecule has 0 bridgehead atoms. The quantitative estimate of drug-likeness (QED) is 0.418. The van der Waals surface area contributed by atoms with Gasteiger partial charge in [0.25, 0.3) is 0 Å². The van der Waals surface area contributed by atoms with Gasteiger partial charge in [-0.3, -0.25) is 0 Å². The monoisotopic (exact) mass is 431 g/mol. The van der Waals surface area contributed by atoms with Gasteiger partial charge in [-0.25, -0.2) is 0 Å². The maximum atomic E-state index is 5.08.